The van der Waals surface area contributed by atoms with Crippen molar-refractivity contribution < 1.29 is 14.3 Å². The molecule has 1 fully saturated rings. The summed E-state index contributed by atoms with van der Waals surface area (Å²) in [6, 6.07) is 16.0. The van der Waals surface area contributed by atoms with Gasteiger partial charge in [-0.05, 0) is 30.5 Å². The van der Waals surface area contributed by atoms with Gasteiger partial charge in [-0.3, -0.25) is 4.79 Å². The summed E-state index contributed by atoms with van der Waals surface area (Å²) in [4.78, 5) is 15.4. The molecule has 122 valence electrons. The molecule has 0 unspecified atom stereocenters. The zero-order valence-electron chi connectivity index (χ0n) is 13.4. The maximum atomic E-state index is 13.5. The molecular weight excluding hydrogens is 302 g/mol. The normalized spacial score (nSPS) is 27.4. The van der Waals surface area contributed by atoms with Crippen LogP contribution < -0.4 is 9.64 Å². The van der Waals surface area contributed by atoms with E-state index >= 15 is 0 Å². The van der Waals surface area contributed by atoms with Gasteiger partial charge in [-0.15, -0.1) is 0 Å². The highest BCUT2D eigenvalue weighted by Gasteiger charge is 2.56. The number of amides is 1. The maximum absolute atomic E-state index is 13.5. The number of nitrogens with zero attached hydrogens (tertiary/aromatic N) is 1. The monoisotopic (exact) mass is 321 g/mol. The summed E-state index contributed by atoms with van der Waals surface area (Å²) >= 11 is 0. The van der Waals surface area contributed by atoms with Crippen LogP contribution in [0.1, 0.15) is 24.0 Å². The second-order valence-electron chi connectivity index (χ2n) is 6.76. The van der Waals surface area contributed by atoms with Crippen LogP contribution >= 0.6 is 0 Å². The number of carbonyl (C=O) groups is 1. The predicted octanol–water partition coefficient (Wildman–Crippen LogP) is 2.89. The fourth-order valence-corrected chi connectivity index (χ4v) is 4.31. The predicted molar refractivity (Wildman–Crippen MR) is 90.5 cm³/mol. The molecule has 0 saturated carbocycles. The van der Waals surface area contributed by atoms with Crippen molar-refractivity contribution in [2.45, 2.75) is 24.4 Å². The number of ether oxygens (including phenoxy) is 2. The van der Waals surface area contributed by atoms with Gasteiger partial charge >= 0.3 is 0 Å². The number of benzene rings is 2. The van der Waals surface area contributed by atoms with E-state index in [9.17, 15) is 4.79 Å². The van der Waals surface area contributed by atoms with Crippen LogP contribution in [0.3, 0.4) is 0 Å². The Morgan fingerprint density at radius 1 is 1.08 bits per heavy atom. The smallest absolute Gasteiger partial charge is 0.245 e. The van der Waals surface area contributed by atoms with E-state index in [4.69, 9.17) is 9.47 Å². The van der Waals surface area contributed by atoms with Crippen LogP contribution in [0.2, 0.25) is 0 Å². The fraction of sp³-hybridized carbons (Fsp3) is 0.350. The van der Waals surface area contributed by atoms with Gasteiger partial charge in [-0.1, -0.05) is 36.4 Å². The maximum Gasteiger partial charge on any atom is 0.245 e. The van der Waals surface area contributed by atoms with E-state index in [0.29, 0.717) is 13.2 Å². The minimum Gasteiger partial charge on any atom is -0.491 e. The summed E-state index contributed by atoms with van der Waals surface area (Å²) in [7, 11) is 0. The lowest BCUT2D eigenvalue weighted by Crippen LogP contribution is -2.44. The summed E-state index contributed by atoms with van der Waals surface area (Å²) in [6.45, 7) is 1.80. The van der Waals surface area contributed by atoms with Crippen molar-refractivity contribution in [1.29, 1.82) is 0 Å². The van der Waals surface area contributed by atoms with Crippen molar-refractivity contribution in [1.82, 2.24) is 0 Å². The first-order valence-electron chi connectivity index (χ1n) is 8.56. The average molecular weight is 321 g/mol. The molecule has 0 aliphatic carbocycles. The molecule has 2 atom stereocenters. The quantitative estimate of drug-likeness (QED) is 0.854. The molecule has 3 heterocycles. The van der Waals surface area contributed by atoms with E-state index < -0.39 is 5.41 Å². The van der Waals surface area contributed by atoms with Crippen molar-refractivity contribution in [3.05, 3.63) is 59.7 Å². The molecule has 2 aromatic rings. The lowest BCUT2D eigenvalue weighted by molar-refractivity contribution is -0.122. The first-order valence-corrected chi connectivity index (χ1v) is 8.56. The largest absolute Gasteiger partial charge is 0.491 e. The van der Waals surface area contributed by atoms with Crippen LogP contribution in [0.4, 0.5) is 5.69 Å². The van der Waals surface area contributed by atoms with Crippen molar-refractivity contribution in [3.63, 3.8) is 0 Å². The number of fused-ring (bicyclic) bond motifs is 4. The van der Waals surface area contributed by atoms with E-state index in [2.05, 4.69) is 6.07 Å². The third kappa shape index (κ3) is 1.75. The SMILES string of the molecule is O=C1N(C[C@H]2CCCO2)c2ccccc2[C@@]12COc1ccccc12. The van der Waals surface area contributed by atoms with Crippen molar-refractivity contribution in [3.8, 4) is 5.75 Å². The number of para-hydroxylation sites is 2. The molecule has 4 heteroatoms. The molecule has 1 spiro atoms. The van der Waals surface area contributed by atoms with Crippen molar-refractivity contribution in [2.24, 2.45) is 0 Å². The molecule has 5 rings (SSSR count). The Morgan fingerprint density at radius 3 is 2.71 bits per heavy atom. The van der Waals surface area contributed by atoms with E-state index in [0.717, 1.165) is 42.0 Å². The average Bonchev–Trinajstić information content (AvgIpc) is 3.32. The number of hydrogen-bond donors (Lipinski definition) is 0. The Hall–Kier alpha value is -2.33. The molecular formula is C20H19NO3. The Morgan fingerprint density at radius 2 is 1.88 bits per heavy atom. The molecule has 4 nitrogen and oxygen atoms in total. The van der Waals surface area contributed by atoms with Gasteiger partial charge in [-0.2, -0.15) is 0 Å². The molecule has 1 saturated heterocycles. The van der Waals surface area contributed by atoms with Crippen LogP contribution in [-0.2, 0) is 14.9 Å². The zero-order chi connectivity index (χ0) is 16.1. The van der Waals surface area contributed by atoms with Gasteiger partial charge in [0.1, 0.15) is 17.8 Å². The topological polar surface area (TPSA) is 38.8 Å². The van der Waals surface area contributed by atoms with Gasteiger partial charge in [0.15, 0.2) is 0 Å². The minimum atomic E-state index is -0.703. The molecule has 0 N–H and O–H groups in total. The highest BCUT2D eigenvalue weighted by Crippen LogP contribution is 2.52. The van der Waals surface area contributed by atoms with E-state index in [1.54, 1.807) is 0 Å². The summed E-state index contributed by atoms with van der Waals surface area (Å²) in [5, 5.41) is 0. The molecule has 1 amide bonds. The summed E-state index contributed by atoms with van der Waals surface area (Å²) in [5.41, 5.74) is 2.33. The van der Waals surface area contributed by atoms with Crippen LogP contribution in [-0.4, -0.2) is 31.8 Å². The standard InChI is InChI=1S/C20H19NO3/c22-19-20(13-24-18-10-4-2-8-16(18)20)15-7-1-3-9-17(15)21(19)12-14-6-5-11-23-14/h1-4,7-10,14H,5-6,11-13H2/t14-,20-/m1/s1. The van der Waals surface area contributed by atoms with E-state index in [1.165, 1.54) is 0 Å². The van der Waals surface area contributed by atoms with Gasteiger partial charge in [0, 0.05) is 17.9 Å². The third-order valence-corrected chi connectivity index (χ3v) is 5.47. The van der Waals surface area contributed by atoms with Gasteiger partial charge in [0.2, 0.25) is 5.91 Å². The highest BCUT2D eigenvalue weighted by molar-refractivity contribution is 6.11. The second kappa shape index (κ2) is 5.08. The van der Waals surface area contributed by atoms with Crippen LogP contribution in [0, 0.1) is 0 Å². The van der Waals surface area contributed by atoms with Crippen molar-refractivity contribution >= 4 is 11.6 Å². The Labute approximate surface area is 141 Å². The summed E-state index contributed by atoms with van der Waals surface area (Å²) < 4.78 is 11.7. The van der Waals surface area contributed by atoms with Crippen LogP contribution in [0.5, 0.6) is 5.75 Å². The summed E-state index contributed by atoms with van der Waals surface area (Å²) in [6.07, 6.45) is 2.23. The minimum absolute atomic E-state index is 0.115. The molecule has 0 radical (unpaired) electrons. The number of hydrogen-bond acceptors (Lipinski definition) is 3. The van der Waals surface area contributed by atoms with Gasteiger partial charge in [-0.25, -0.2) is 0 Å². The highest BCUT2D eigenvalue weighted by atomic mass is 16.5. The van der Waals surface area contributed by atoms with Crippen LogP contribution in [0.25, 0.3) is 0 Å². The lowest BCUT2D eigenvalue weighted by Gasteiger charge is -2.24. The van der Waals surface area contributed by atoms with Gasteiger partial charge in [0.05, 0.1) is 12.6 Å². The molecule has 0 aromatic heterocycles. The number of carbonyl (C=O) groups excluding carboxylic acids is 1. The zero-order valence-corrected chi connectivity index (χ0v) is 13.4. The van der Waals surface area contributed by atoms with Gasteiger partial charge in [0.25, 0.3) is 0 Å². The molecule has 24 heavy (non-hydrogen) atoms. The fourth-order valence-electron chi connectivity index (χ4n) is 4.31. The molecule has 0 bridgehead atoms. The summed E-state index contributed by atoms with van der Waals surface area (Å²) in [5.74, 6) is 0.934. The first kappa shape index (κ1) is 14.1. The second-order valence-corrected chi connectivity index (χ2v) is 6.76. The Kier molecular flexibility index (Phi) is 2.98. The van der Waals surface area contributed by atoms with Gasteiger partial charge < -0.3 is 14.4 Å². The Bertz CT molecular complexity index is 812. The lowest BCUT2D eigenvalue weighted by atomic mass is 9.77. The molecule has 3 aliphatic heterocycles. The van der Waals surface area contributed by atoms with E-state index in [-0.39, 0.29) is 12.0 Å². The van der Waals surface area contributed by atoms with E-state index in [1.807, 2.05) is 47.4 Å². The molecule has 2 aromatic carbocycles. The van der Waals surface area contributed by atoms with Crippen molar-refractivity contribution in [2.75, 3.05) is 24.7 Å². The first-order chi connectivity index (χ1) is 11.8. The third-order valence-electron chi connectivity index (χ3n) is 5.47. The molecule has 3 aliphatic rings. The Balaban J connectivity index is 1.64. The van der Waals surface area contributed by atoms with Crippen LogP contribution in [0.15, 0.2) is 48.5 Å². The number of anilines is 1. The number of rotatable bonds is 2.